The Kier molecular flexibility index (Phi) is 7.28. The molecule has 194 valence electrons. The van der Waals surface area contributed by atoms with Gasteiger partial charge in [0.1, 0.15) is 6.17 Å². The van der Waals surface area contributed by atoms with Crippen molar-refractivity contribution in [2.45, 2.75) is 57.7 Å². The molecule has 1 amide bonds. The van der Waals surface area contributed by atoms with Crippen LogP contribution >= 0.6 is 0 Å². The van der Waals surface area contributed by atoms with Gasteiger partial charge in [-0.3, -0.25) is 9.79 Å². The number of aromatic nitrogens is 4. The first-order valence-electron chi connectivity index (χ1n) is 12.5. The highest BCUT2D eigenvalue weighted by molar-refractivity contribution is 5.97. The summed E-state index contributed by atoms with van der Waals surface area (Å²) in [7, 11) is 3.21. The Balaban J connectivity index is 0.00000148. The standard InChI is InChI=1S/C23H29FN8O2.C2H6/c1-5-7-15(21(25-3)34-4)28-19-20-26-10-17(23-8-13(23)9-23)32(20)30-22(29-19)31-11-14(24)16(12-31)27-18(33)6-2;1-2/h6-7,10,13-14,16H,2,5,8-9,11-12H2,1,3-4H3,(H,27,33)(H,28,29,30);1-2H3/b15-7+,25-21?;. The lowest BCUT2D eigenvalue weighted by molar-refractivity contribution is -0.117. The van der Waals surface area contributed by atoms with Crippen molar-refractivity contribution in [2.24, 2.45) is 10.9 Å². The van der Waals surface area contributed by atoms with Crippen molar-refractivity contribution in [2.75, 3.05) is 37.5 Å². The number of nitrogens with zero attached hydrogens (tertiary/aromatic N) is 6. The van der Waals surface area contributed by atoms with Crippen LogP contribution in [0.5, 0.6) is 0 Å². The Hall–Kier alpha value is -3.50. The Morgan fingerprint density at radius 2 is 2.11 bits per heavy atom. The lowest BCUT2D eigenvalue weighted by Gasteiger charge is -2.19. The molecule has 2 aliphatic carbocycles. The average Bonchev–Trinajstić information content (AvgIpc) is 3.65. The Bertz CT molecular complexity index is 1200. The van der Waals surface area contributed by atoms with E-state index in [-0.39, 0.29) is 18.5 Å². The maximum Gasteiger partial charge on any atom is 0.245 e. The van der Waals surface area contributed by atoms with Gasteiger partial charge in [-0.25, -0.2) is 13.9 Å². The zero-order valence-corrected chi connectivity index (χ0v) is 21.6. The Morgan fingerprint density at radius 3 is 2.69 bits per heavy atom. The first-order valence-corrected chi connectivity index (χ1v) is 12.5. The van der Waals surface area contributed by atoms with Crippen LogP contribution in [0.4, 0.5) is 16.2 Å². The fourth-order valence-electron chi connectivity index (χ4n) is 4.70. The molecule has 1 aliphatic heterocycles. The molecule has 2 N–H and O–H groups in total. The van der Waals surface area contributed by atoms with Crippen LogP contribution in [0.1, 0.15) is 45.7 Å². The van der Waals surface area contributed by atoms with Gasteiger partial charge in [0.25, 0.3) is 0 Å². The molecule has 11 heteroatoms. The number of amides is 1. The molecule has 10 nitrogen and oxygen atoms in total. The molecule has 36 heavy (non-hydrogen) atoms. The number of nitrogens with one attached hydrogen (secondary N) is 2. The van der Waals surface area contributed by atoms with Gasteiger partial charge in [0.15, 0.2) is 11.5 Å². The lowest BCUT2D eigenvalue weighted by atomic mass is 10.1. The largest absolute Gasteiger partial charge is 0.480 e. The third kappa shape index (κ3) is 4.54. The number of hydrogen-bond donors (Lipinski definition) is 2. The quantitative estimate of drug-likeness (QED) is 0.327. The molecule has 0 spiro atoms. The molecule has 0 radical (unpaired) electrons. The van der Waals surface area contributed by atoms with Crippen LogP contribution in [-0.2, 0) is 14.9 Å². The summed E-state index contributed by atoms with van der Waals surface area (Å²) in [6.45, 7) is 9.78. The van der Waals surface area contributed by atoms with Crippen molar-refractivity contribution in [3.05, 3.63) is 36.3 Å². The van der Waals surface area contributed by atoms with Gasteiger partial charge in [0.2, 0.25) is 17.8 Å². The number of allylic oxidation sites excluding steroid dienone is 1. The predicted octanol–water partition coefficient (Wildman–Crippen LogP) is 3.02. The number of rotatable bonds is 8. The van der Waals surface area contributed by atoms with E-state index in [4.69, 9.17) is 14.8 Å². The maximum atomic E-state index is 14.7. The number of halogens is 1. The number of fused-ring (bicyclic) bond motifs is 2. The zero-order chi connectivity index (χ0) is 26.0. The third-order valence-electron chi connectivity index (χ3n) is 6.88. The highest BCUT2D eigenvalue weighted by Crippen LogP contribution is 2.75. The fourth-order valence-corrected chi connectivity index (χ4v) is 4.70. The summed E-state index contributed by atoms with van der Waals surface area (Å²) < 4.78 is 22.0. The number of imidazole rings is 1. The minimum Gasteiger partial charge on any atom is -0.480 e. The van der Waals surface area contributed by atoms with Crippen molar-refractivity contribution in [3.8, 4) is 0 Å². The molecule has 3 fully saturated rings. The number of carbonyl (C=O) groups is 1. The van der Waals surface area contributed by atoms with Crippen LogP contribution in [0.15, 0.2) is 35.6 Å². The number of ether oxygens (including phenoxy) is 1. The Morgan fingerprint density at radius 1 is 1.39 bits per heavy atom. The SMILES string of the molecule is C=CC(=O)NC1CN(c2nc(N/C(=C/CC)C(=NC)OC)c3ncc(C45CC4C5)n3n2)CC1F.CC. The highest BCUT2D eigenvalue weighted by Gasteiger charge is 2.72. The van der Waals surface area contributed by atoms with Crippen molar-refractivity contribution < 1.29 is 13.9 Å². The summed E-state index contributed by atoms with van der Waals surface area (Å²) in [5.41, 5.74) is 2.48. The summed E-state index contributed by atoms with van der Waals surface area (Å²) >= 11 is 0. The van der Waals surface area contributed by atoms with Crippen molar-refractivity contribution >= 4 is 29.2 Å². The van der Waals surface area contributed by atoms with Gasteiger partial charge in [0, 0.05) is 19.0 Å². The van der Waals surface area contributed by atoms with E-state index < -0.39 is 18.1 Å². The molecule has 2 aromatic rings. The predicted molar refractivity (Wildman–Crippen MR) is 138 cm³/mol. The molecule has 3 aliphatic rings. The first-order chi connectivity index (χ1) is 17.4. The van der Waals surface area contributed by atoms with E-state index in [1.54, 1.807) is 19.1 Å². The maximum absolute atomic E-state index is 14.7. The monoisotopic (exact) mass is 498 g/mol. The zero-order valence-electron chi connectivity index (χ0n) is 21.6. The van der Waals surface area contributed by atoms with Crippen molar-refractivity contribution in [3.63, 3.8) is 0 Å². The van der Waals surface area contributed by atoms with Gasteiger partial charge >= 0.3 is 0 Å². The van der Waals surface area contributed by atoms with Crippen LogP contribution in [0, 0.1) is 5.92 Å². The second-order valence-electron chi connectivity index (χ2n) is 9.02. The Labute approximate surface area is 210 Å². The van der Waals surface area contributed by atoms with E-state index in [2.05, 4.69) is 27.2 Å². The van der Waals surface area contributed by atoms with Crippen LogP contribution in [0.25, 0.3) is 5.65 Å². The molecule has 2 unspecified atom stereocenters. The number of anilines is 2. The summed E-state index contributed by atoms with van der Waals surface area (Å²) in [5.74, 6) is 1.58. The van der Waals surface area contributed by atoms with E-state index in [9.17, 15) is 9.18 Å². The second kappa shape index (κ2) is 10.2. The molecule has 3 heterocycles. The van der Waals surface area contributed by atoms with E-state index in [1.807, 2.05) is 37.6 Å². The number of hydrogen-bond acceptors (Lipinski definition) is 8. The van der Waals surface area contributed by atoms with Crippen LogP contribution in [0.3, 0.4) is 0 Å². The van der Waals surface area contributed by atoms with Gasteiger partial charge in [-0.05, 0) is 31.3 Å². The molecule has 2 saturated carbocycles. The fraction of sp³-hybridized carbons (Fsp3) is 0.560. The molecule has 5 rings (SSSR count). The summed E-state index contributed by atoms with van der Waals surface area (Å²) in [6, 6.07) is -0.666. The van der Waals surface area contributed by atoms with Crippen LogP contribution in [0.2, 0.25) is 0 Å². The summed E-state index contributed by atoms with van der Waals surface area (Å²) in [5, 5.41) is 10.7. The average molecular weight is 499 g/mol. The second-order valence-corrected chi connectivity index (χ2v) is 9.02. The number of alkyl halides is 1. The molecule has 1 saturated heterocycles. The van der Waals surface area contributed by atoms with E-state index >= 15 is 0 Å². The minimum atomic E-state index is -1.25. The van der Waals surface area contributed by atoms with Crippen LogP contribution < -0.4 is 15.5 Å². The lowest BCUT2D eigenvalue weighted by Crippen LogP contribution is -2.40. The number of methoxy groups -OCH3 is 1. The highest BCUT2D eigenvalue weighted by atomic mass is 19.1. The van der Waals surface area contributed by atoms with E-state index in [0.29, 0.717) is 34.9 Å². The van der Waals surface area contributed by atoms with Gasteiger partial charge in [0.05, 0.1) is 37.3 Å². The minimum absolute atomic E-state index is 0.0717. The third-order valence-corrected chi connectivity index (χ3v) is 6.88. The van der Waals surface area contributed by atoms with Gasteiger partial charge < -0.3 is 20.3 Å². The van der Waals surface area contributed by atoms with Crippen molar-refractivity contribution in [1.82, 2.24) is 24.9 Å². The first kappa shape index (κ1) is 25.6. The van der Waals surface area contributed by atoms with E-state index in [1.165, 1.54) is 0 Å². The molecular weight excluding hydrogens is 463 g/mol. The molecule has 0 aromatic carbocycles. The number of carbonyl (C=O) groups excluding carboxylic acids is 1. The summed E-state index contributed by atoms with van der Waals surface area (Å²) in [4.78, 5) is 27.0. The van der Waals surface area contributed by atoms with Gasteiger partial charge in [-0.1, -0.05) is 33.4 Å². The topological polar surface area (TPSA) is 109 Å². The van der Waals surface area contributed by atoms with E-state index in [0.717, 1.165) is 31.0 Å². The van der Waals surface area contributed by atoms with Crippen molar-refractivity contribution in [1.29, 1.82) is 0 Å². The molecule has 0 bridgehead atoms. The number of aliphatic imine (C=N–C) groups is 1. The summed E-state index contributed by atoms with van der Waals surface area (Å²) in [6.07, 6.45) is 6.76. The molecule has 2 aromatic heterocycles. The van der Waals surface area contributed by atoms with Crippen LogP contribution in [-0.4, -0.2) is 70.8 Å². The molecule has 2 atom stereocenters. The van der Waals surface area contributed by atoms with Gasteiger partial charge in [-0.2, -0.15) is 4.98 Å². The molecular formula is C25H35FN8O2. The normalized spacial score (nSPS) is 26.6. The smallest absolute Gasteiger partial charge is 0.245 e. The van der Waals surface area contributed by atoms with Gasteiger partial charge in [-0.15, -0.1) is 5.10 Å².